The minimum absolute atomic E-state index is 0.0977. The van der Waals surface area contributed by atoms with Crippen LogP contribution in [0.4, 0.5) is 8.78 Å². The summed E-state index contributed by atoms with van der Waals surface area (Å²) in [4.78, 5) is 12.9. The van der Waals surface area contributed by atoms with Gasteiger partial charge in [0, 0.05) is 18.0 Å². The van der Waals surface area contributed by atoms with Gasteiger partial charge in [0.25, 0.3) is 11.8 Å². The van der Waals surface area contributed by atoms with Crippen LogP contribution < -0.4 is 0 Å². The molecule has 0 radical (unpaired) electrons. The van der Waals surface area contributed by atoms with E-state index in [-0.39, 0.29) is 22.2 Å². The maximum absolute atomic E-state index is 13.4. The number of aromatic hydroxyl groups is 1. The van der Waals surface area contributed by atoms with Crippen LogP contribution in [0.25, 0.3) is 0 Å². The second-order valence-corrected chi connectivity index (χ2v) is 5.53. The van der Waals surface area contributed by atoms with Crippen molar-refractivity contribution in [2.75, 3.05) is 13.1 Å². The first-order valence-electron chi connectivity index (χ1n) is 5.73. The molecule has 2 rings (SSSR count). The SMILES string of the molecule is O=C(c1cc(Cl)cc(Cl)c1O)N1CC(O)CC(F)(F)C1. The summed E-state index contributed by atoms with van der Waals surface area (Å²) in [6.45, 7) is -1.07. The minimum Gasteiger partial charge on any atom is -0.506 e. The van der Waals surface area contributed by atoms with E-state index in [0.29, 0.717) is 0 Å². The van der Waals surface area contributed by atoms with E-state index in [1.54, 1.807) is 0 Å². The second kappa shape index (κ2) is 5.35. The molecule has 8 heteroatoms. The van der Waals surface area contributed by atoms with Gasteiger partial charge in [0.15, 0.2) is 0 Å². The predicted molar refractivity (Wildman–Crippen MR) is 69.6 cm³/mol. The number of hydrogen-bond donors (Lipinski definition) is 2. The van der Waals surface area contributed by atoms with E-state index in [2.05, 4.69) is 0 Å². The van der Waals surface area contributed by atoms with E-state index in [9.17, 15) is 23.8 Å². The molecule has 1 unspecified atom stereocenters. The van der Waals surface area contributed by atoms with Gasteiger partial charge in [-0.05, 0) is 12.1 Å². The maximum atomic E-state index is 13.4. The van der Waals surface area contributed by atoms with Crippen LogP contribution in [-0.4, -0.2) is 46.1 Å². The molecule has 0 spiro atoms. The highest BCUT2D eigenvalue weighted by molar-refractivity contribution is 6.36. The van der Waals surface area contributed by atoms with E-state index in [1.807, 2.05) is 0 Å². The molecule has 2 N–H and O–H groups in total. The molecule has 1 aromatic rings. The van der Waals surface area contributed by atoms with Gasteiger partial charge >= 0.3 is 0 Å². The zero-order chi connectivity index (χ0) is 15.1. The number of benzene rings is 1. The smallest absolute Gasteiger partial charge is 0.267 e. The number of likely N-dealkylation sites (tertiary alicyclic amines) is 1. The molecule has 0 aliphatic carbocycles. The molecule has 20 heavy (non-hydrogen) atoms. The molecule has 4 nitrogen and oxygen atoms in total. The fourth-order valence-corrected chi connectivity index (χ4v) is 2.62. The summed E-state index contributed by atoms with van der Waals surface area (Å²) >= 11 is 11.4. The zero-order valence-electron chi connectivity index (χ0n) is 10.1. The van der Waals surface area contributed by atoms with Gasteiger partial charge in [0.2, 0.25) is 0 Å². The van der Waals surface area contributed by atoms with Crippen molar-refractivity contribution in [2.24, 2.45) is 0 Å². The number of nitrogens with zero attached hydrogens (tertiary/aromatic N) is 1. The largest absolute Gasteiger partial charge is 0.506 e. The van der Waals surface area contributed by atoms with Crippen molar-refractivity contribution in [1.29, 1.82) is 0 Å². The summed E-state index contributed by atoms with van der Waals surface area (Å²) in [7, 11) is 0. The Bertz CT molecular complexity index is 554. The number of amides is 1. The first kappa shape index (κ1) is 15.3. The van der Waals surface area contributed by atoms with E-state index < -0.39 is 36.6 Å². The Balaban J connectivity index is 2.32. The standard InChI is InChI=1S/C12H11Cl2F2NO3/c13-6-1-8(10(19)9(14)2-6)11(20)17-4-7(18)3-12(15,16)5-17/h1-2,7,18-19H,3-5H2. The molecule has 1 amide bonds. The van der Waals surface area contributed by atoms with E-state index in [1.165, 1.54) is 6.07 Å². The third kappa shape index (κ3) is 3.13. The lowest BCUT2D eigenvalue weighted by Gasteiger charge is -2.35. The van der Waals surface area contributed by atoms with Gasteiger partial charge < -0.3 is 15.1 Å². The number of hydrogen-bond acceptors (Lipinski definition) is 3. The summed E-state index contributed by atoms with van der Waals surface area (Å²) in [5.41, 5.74) is -0.271. The number of carbonyl (C=O) groups excluding carboxylic acids is 1. The monoisotopic (exact) mass is 325 g/mol. The molecular formula is C12H11Cl2F2NO3. The molecule has 0 bridgehead atoms. The van der Waals surface area contributed by atoms with Crippen LogP contribution in [0.3, 0.4) is 0 Å². The maximum Gasteiger partial charge on any atom is 0.267 e. The van der Waals surface area contributed by atoms with Crippen LogP contribution in [0.2, 0.25) is 10.0 Å². The predicted octanol–water partition coefficient (Wildman–Crippen LogP) is 2.54. The summed E-state index contributed by atoms with van der Waals surface area (Å²) in [5, 5.41) is 19.1. The number of aliphatic hydroxyl groups excluding tert-OH is 1. The van der Waals surface area contributed by atoms with Gasteiger partial charge in [-0.25, -0.2) is 8.78 Å². The first-order chi connectivity index (χ1) is 9.19. The molecule has 1 atom stereocenters. The van der Waals surface area contributed by atoms with Gasteiger partial charge in [-0.1, -0.05) is 23.2 Å². The highest BCUT2D eigenvalue weighted by Crippen LogP contribution is 2.34. The summed E-state index contributed by atoms with van der Waals surface area (Å²) in [6, 6.07) is 2.37. The van der Waals surface area contributed by atoms with E-state index in [0.717, 1.165) is 11.0 Å². The minimum atomic E-state index is -3.18. The molecule has 1 saturated heterocycles. The van der Waals surface area contributed by atoms with Crippen molar-refractivity contribution in [3.63, 3.8) is 0 Å². The van der Waals surface area contributed by atoms with Gasteiger partial charge in [-0.2, -0.15) is 0 Å². The number of alkyl halides is 2. The first-order valence-corrected chi connectivity index (χ1v) is 6.48. The van der Waals surface area contributed by atoms with Crippen molar-refractivity contribution in [3.05, 3.63) is 27.7 Å². The number of aliphatic hydroxyl groups is 1. The molecule has 0 aromatic heterocycles. The Morgan fingerprint density at radius 3 is 2.65 bits per heavy atom. The summed E-state index contributed by atoms with van der Waals surface area (Å²) < 4.78 is 26.7. The number of halogens is 4. The van der Waals surface area contributed by atoms with Crippen LogP contribution in [-0.2, 0) is 0 Å². The van der Waals surface area contributed by atoms with Crippen LogP contribution >= 0.6 is 23.2 Å². The van der Waals surface area contributed by atoms with Crippen molar-refractivity contribution in [3.8, 4) is 5.75 Å². The third-order valence-corrected chi connectivity index (χ3v) is 3.44. The summed E-state index contributed by atoms with van der Waals surface area (Å²) in [5.74, 6) is -4.56. The number of carbonyl (C=O) groups is 1. The number of piperidine rings is 1. The number of phenols is 1. The zero-order valence-corrected chi connectivity index (χ0v) is 11.6. The molecule has 110 valence electrons. The molecule has 0 saturated carbocycles. The number of rotatable bonds is 1. The molecule has 1 heterocycles. The van der Waals surface area contributed by atoms with Gasteiger partial charge in [-0.15, -0.1) is 0 Å². The molecule has 1 aliphatic rings. The van der Waals surface area contributed by atoms with Crippen LogP contribution in [0.15, 0.2) is 12.1 Å². The lowest BCUT2D eigenvalue weighted by Crippen LogP contribution is -2.51. The number of β-amino-alcohol motifs (C(OH)–C–C–N with tert-alkyl or cyclic N) is 1. The van der Waals surface area contributed by atoms with Gasteiger partial charge in [-0.3, -0.25) is 4.79 Å². The summed E-state index contributed by atoms with van der Waals surface area (Å²) in [6.07, 6.45) is -2.02. The quantitative estimate of drug-likeness (QED) is 0.834. The van der Waals surface area contributed by atoms with Gasteiger partial charge in [0.1, 0.15) is 5.75 Å². The average Bonchev–Trinajstić information content (AvgIpc) is 2.30. The molecule has 1 fully saturated rings. The van der Waals surface area contributed by atoms with Crippen LogP contribution in [0.5, 0.6) is 5.75 Å². The Hall–Kier alpha value is -1.11. The van der Waals surface area contributed by atoms with Crippen LogP contribution in [0, 0.1) is 0 Å². The van der Waals surface area contributed by atoms with E-state index >= 15 is 0 Å². The third-order valence-electron chi connectivity index (χ3n) is 2.93. The fraction of sp³-hybridized carbons (Fsp3) is 0.417. The normalized spacial score (nSPS) is 21.9. The average molecular weight is 326 g/mol. The Morgan fingerprint density at radius 2 is 2.05 bits per heavy atom. The fourth-order valence-electron chi connectivity index (χ4n) is 2.13. The topological polar surface area (TPSA) is 60.8 Å². The molecular weight excluding hydrogens is 315 g/mol. The van der Waals surface area contributed by atoms with Gasteiger partial charge in [0.05, 0.1) is 23.2 Å². The van der Waals surface area contributed by atoms with Crippen molar-refractivity contribution < 1.29 is 23.8 Å². The Morgan fingerprint density at radius 1 is 1.40 bits per heavy atom. The lowest BCUT2D eigenvalue weighted by molar-refractivity contribution is -0.0973. The van der Waals surface area contributed by atoms with E-state index in [4.69, 9.17) is 23.2 Å². The highest BCUT2D eigenvalue weighted by atomic mass is 35.5. The Kier molecular flexibility index (Phi) is 4.09. The molecule has 1 aromatic carbocycles. The lowest BCUT2D eigenvalue weighted by atomic mass is 10.0. The molecule has 1 aliphatic heterocycles. The Labute approximate surface area is 123 Å². The number of phenolic OH excluding ortho intramolecular Hbond substituents is 1. The van der Waals surface area contributed by atoms with Crippen LogP contribution in [0.1, 0.15) is 16.8 Å². The van der Waals surface area contributed by atoms with Crippen molar-refractivity contribution >= 4 is 29.1 Å². The second-order valence-electron chi connectivity index (χ2n) is 4.68. The van der Waals surface area contributed by atoms with Crippen molar-refractivity contribution in [1.82, 2.24) is 4.90 Å². The highest BCUT2D eigenvalue weighted by Gasteiger charge is 2.42. The van der Waals surface area contributed by atoms with Crippen molar-refractivity contribution in [2.45, 2.75) is 18.4 Å².